The number of aryl methyl sites for hydroxylation is 1. The van der Waals surface area contributed by atoms with E-state index in [4.69, 9.17) is 0 Å². The zero-order valence-electron chi connectivity index (χ0n) is 11.3. The molecule has 0 fully saturated rings. The minimum Gasteiger partial charge on any atom is -0.305 e. The normalized spacial score (nSPS) is 10.8. The summed E-state index contributed by atoms with van der Waals surface area (Å²) >= 11 is 0. The molecule has 4 heteroatoms. The summed E-state index contributed by atoms with van der Waals surface area (Å²) in [5, 5.41) is 0.627. The molecule has 3 aromatic rings. The smallest absolute Gasteiger partial charge is 0.258 e. The van der Waals surface area contributed by atoms with Crippen LogP contribution >= 0.6 is 0 Å². The first-order chi connectivity index (χ1) is 9.76. The summed E-state index contributed by atoms with van der Waals surface area (Å²) in [6, 6.07) is 11.5. The van der Waals surface area contributed by atoms with Crippen molar-refractivity contribution in [2.75, 3.05) is 0 Å². The van der Waals surface area contributed by atoms with Gasteiger partial charge in [-0.2, -0.15) is 4.57 Å². The zero-order valence-corrected chi connectivity index (χ0v) is 11.3. The first-order valence-electron chi connectivity index (χ1n) is 6.72. The van der Waals surface area contributed by atoms with Crippen molar-refractivity contribution in [1.29, 1.82) is 0 Å². The number of pyridine rings is 1. The van der Waals surface area contributed by atoms with Crippen molar-refractivity contribution >= 4 is 10.9 Å². The van der Waals surface area contributed by atoms with E-state index in [0.29, 0.717) is 17.8 Å². The van der Waals surface area contributed by atoms with E-state index in [-0.39, 0.29) is 5.56 Å². The average Bonchev–Trinajstić information content (AvgIpc) is 2.48. The second kappa shape index (κ2) is 5.25. The number of nitrogens with zero attached hydrogens (tertiary/aromatic N) is 2. The first-order valence-corrected chi connectivity index (χ1v) is 6.72. The first kappa shape index (κ1) is 12.5. The van der Waals surface area contributed by atoms with E-state index in [1.807, 2.05) is 35.2 Å². The summed E-state index contributed by atoms with van der Waals surface area (Å²) < 4.78 is 2.01. The molecule has 0 unspecified atom stereocenters. The molecule has 0 radical (unpaired) electrons. The Morgan fingerprint density at radius 2 is 1.90 bits per heavy atom. The molecule has 20 heavy (non-hydrogen) atoms. The van der Waals surface area contributed by atoms with Gasteiger partial charge in [0.15, 0.2) is 18.2 Å². The van der Waals surface area contributed by atoms with Crippen molar-refractivity contribution < 1.29 is 4.57 Å². The highest BCUT2D eigenvalue weighted by Gasteiger charge is 2.08. The Bertz CT molecular complexity index is 791. The van der Waals surface area contributed by atoms with Crippen LogP contribution in [-0.2, 0) is 13.0 Å². The fourth-order valence-electron chi connectivity index (χ4n) is 2.21. The van der Waals surface area contributed by atoms with E-state index in [1.54, 1.807) is 6.07 Å². The topological polar surface area (TPSA) is 49.6 Å². The number of nitrogens with one attached hydrogen (secondary N) is 1. The molecule has 0 bridgehead atoms. The molecule has 0 aliphatic carbocycles. The van der Waals surface area contributed by atoms with Gasteiger partial charge >= 0.3 is 0 Å². The van der Waals surface area contributed by atoms with Gasteiger partial charge in [0.25, 0.3) is 5.56 Å². The molecular weight excluding hydrogens is 250 g/mol. The Morgan fingerprint density at radius 1 is 1.15 bits per heavy atom. The Morgan fingerprint density at radius 3 is 2.65 bits per heavy atom. The molecule has 1 aromatic carbocycles. The second-order valence-corrected chi connectivity index (χ2v) is 4.76. The lowest BCUT2D eigenvalue weighted by Crippen LogP contribution is -2.35. The summed E-state index contributed by atoms with van der Waals surface area (Å²) in [5.74, 6) is 0.669. The lowest BCUT2D eigenvalue weighted by molar-refractivity contribution is -0.689. The van der Waals surface area contributed by atoms with E-state index in [0.717, 1.165) is 11.9 Å². The highest BCUT2D eigenvalue weighted by molar-refractivity contribution is 5.77. The molecule has 2 heterocycles. The highest BCUT2D eigenvalue weighted by Crippen LogP contribution is 2.05. The van der Waals surface area contributed by atoms with Crippen LogP contribution in [0, 0.1) is 0 Å². The molecule has 0 atom stereocenters. The second-order valence-electron chi connectivity index (χ2n) is 4.76. The zero-order chi connectivity index (χ0) is 13.9. The molecule has 0 saturated carbocycles. The number of fused-ring (bicyclic) bond motifs is 1. The van der Waals surface area contributed by atoms with E-state index in [2.05, 4.69) is 29.0 Å². The third-order valence-corrected chi connectivity index (χ3v) is 3.36. The van der Waals surface area contributed by atoms with Gasteiger partial charge in [0, 0.05) is 12.1 Å². The van der Waals surface area contributed by atoms with E-state index in [9.17, 15) is 4.79 Å². The third-order valence-electron chi connectivity index (χ3n) is 3.36. The van der Waals surface area contributed by atoms with Gasteiger partial charge in [0.2, 0.25) is 6.54 Å². The van der Waals surface area contributed by atoms with Crippen LogP contribution in [0.1, 0.15) is 18.3 Å². The number of rotatable bonds is 3. The number of para-hydroxylation sites is 1. The number of benzene rings is 1. The van der Waals surface area contributed by atoms with E-state index >= 15 is 0 Å². The fourth-order valence-corrected chi connectivity index (χ4v) is 2.21. The minimum absolute atomic E-state index is 0.0867. The number of H-pyrrole nitrogens is 1. The summed E-state index contributed by atoms with van der Waals surface area (Å²) in [4.78, 5) is 19.3. The van der Waals surface area contributed by atoms with Crippen molar-refractivity contribution in [3.8, 4) is 0 Å². The van der Waals surface area contributed by atoms with Gasteiger partial charge in [-0.15, -0.1) is 0 Å². The van der Waals surface area contributed by atoms with Crippen molar-refractivity contribution in [2.45, 2.75) is 19.9 Å². The maximum Gasteiger partial charge on any atom is 0.258 e. The largest absolute Gasteiger partial charge is 0.305 e. The van der Waals surface area contributed by atoms with Crippen molar-refractivity contribution in [3.63, 3.8) is 0 Å². The van der Waals surface area contributed by atoms with Gasteiger partial charge in [-0.25, -0.2) is 4.98 Å². The number of aromatic nitrogens is 3. The molecule has 100 valence electrons. The van der Waals surface area contributed by atoms with E-state index < -0.39 is 0 Å². The number of hydrogen-bond acceptors (Lipinski definition) is 2. The molecule has 4 nitrogen and oxygen atoms in total. The summed E-state index contributed by atoms with van der Waals surface area (Å²) in [6.45, 7) is 2.69. The summed E-state index contributed by atoms with van der Waals surface area (Å²) in [7, 11) is 0. The Kier molecular flexibility index (Phi) is 3.29. The van der Waals surface area contributed by atoms with Crippen LogP contribution in [0.3, 0.4) is 0 Å². The molecule has 0 aliphatic rings. The minimum atomic E-state index is -0.0867. The Labute approximate surface area is 116 Å². The molecule has 0 saturated heterocycles. The standard InChI is InChI=1S/C16H15N3O/c1-2-12-7-9-19(10-8-12)11-15-17-14-6-4-3-5-13(14)16(20)18-15/h3-10H,2,11H2,1H3/p+1. The molecule has 0 amide bonds. The average molecular weight is 266 g/mol. The SMILES string of the molecule is CCc1cc[n+](Cc2nc3ccccc3c(=O)[nH]2)cc1. The van der Waals surface area contributed by atoms with Crippen LogP contribution in [-0.4, -0.2) is 9.97 Å². The maximum atomic E-state index is 12.0. The Hall–Kier alpha value is -2.49. The van der Waals surface area contributed by atoms with Crippen molar-refractivity contribution in [2.24, 2.45) is 0 Å². The van der Waals surface area contributed by atoms with Gasteiger partial charge in [-0.05, 0) is 24.1 Å². The summed E-state index contributed by atoms with van der Waals surface area (Å²) in [6.07, 6.45) is 5.04. The van der Waals surface area contributed by atoms with Crippen molar-refractivity contribution in [3.05, 3.63) is 70.5 Å². The van der Waals surface area contributed by atoms with Gasteiger partial charge in [0.05, 0.1) is 10.9 Å². The van der Waals surface area contributed by atoms with Crippen LogP contribution in [0.25, 0.3) is 10.9 Å². The predicted molar refractivity (Wildman–Crippen MR) is 77.5 cm³/mol. The fraction of sp³-hybridized carbons (Fsp3) is 0.188. The van der Waals surface area contributed by atoms with Gasteiger partial charge in [-0.3, -0.25) is 4.79 Å². The molecule has 0 spiro atoms. The molecular formula is C16H16N3O+. The number of hydrogen-bond donors (Lipinski definition) is 1. The molecule has 3 rings (SSSR count). The number of aromatic amines is 1. The lowest BCUT2D eigenvalue weighted by Gasteiger charge is -2.01. The van der Waals surface area contributed by atoms with Crippen LogP contribution < -0.4 is 10.1 Å². The van der Waals surface area contributed by atoms with Crippen LogP contribution in [0.2, 0.25) is 0 Å². The van der Waals surface area contributed by atoms with Gasteiger partial charge in [-0.1, -0.05) is 19.1 Å². The van der Waals surface area contributed by atoms with Crippen LogP contribution in [0.4, 0.5) is 0 Å². The molecule has 0 aliphatic heterocycles. The third kappa shape index (κ3) is 2.45. The monoisotopic (exact) mass is 266 g/mol. The summed E-state index contributed by atoms with van der Waals surface area (Å²) in [5.41, 5.74) is 1.94. The molecule has 2 aromatic heterocycles. The predicted octanol–water partition coefficient (Wildman–Crippen LogP) is 1.82. The van der Waals surface area contributed by atoms with Crippen LogP contribution in [0.15, 0.2) is 53.6 Å². The van der Waals surface area contributed by atoms with Crippen LogP contribution in [0.5, 0.6) is 0 Å². The lowest BCUT2D eigenvalue weighted by atomic mass is 10.2. The maximum absolute atomic E-state index is 12.0. The molecule has 1 N–H and O–H groups in total. The van der Waals surface area contributed by atoms with Crippen molar-refractivity contribution in [1.82, 2.24) is 9.97 Å². The quantitative estimate of drug-likeness (QED) is 0.735. The van der Waals surface area contributed by atoms with E-state index in [1.165, 1.54) is 5.56 Å². The highest BCUT2D eigenvalue weighted by atomic mass is 16.1. The Balaban J connectivity index is 1.96. The van der Waals surface area contributed by atoms with Gasteiger partial charge < -0.3 is 4.98 Å². The van der Waals surface area contributed by atoms with Gasteiger partial charge in [0.1, 0.15) is 0 Å².